The first-order valence-corrected chi connectivity index (χ1v) is 11.2. The second kappa shape index (κ2) is 10.2. The molecule has 0 radical (unpaired) electrons. The second-order valence-corrected chi connectivity index (χ2v) is 9.12. The molecular formula is C24H23N5O2S. The van der Waals surface area contributed by atoms with Gasteiger partial charge in [0.25, 0.3) is 0 Å². The summed E-state index contributed by atoms with van der Waals surface area (Å²) >= 11 is 1.80. The number of hydrogen-bond acceptors (Lipinski definition) is 7. The van der Waals surface area contributed by atoms with Gasteiger partial charge in [0.1, 0.15) is 5.69 Å². The highest BCUT2D eigenvalue weighted by atomic mass is 32.2. The van der Waals surface area contributed by atoms with E-state index in [-0.39, 0.29) is 5.91 Å². The molecule has 4 aromatic rings. The lowest BCUT2D eigenvalue weighted by Gasteiger charge is -2.10. The Morgan fingerprint density at radius 3 is 2.66 bits per heavy atom. The molecule has 2 heterocycles. The van der Waals surface area contributed by atoms with Crippen molar-refractivity contribution in [2.45, 2.75) is 36.8 Å². The molecule has 1 N–H and O–H groups in total. The molecule has 0 unspecified atom stereocenters. The fourth-order valence-corrected chi connectivity index (χ4v) is 3.98. The van der Waals surface area contributed by atoms with Gasteiger partial charge in [0.2, 0.25) is 17.6 Å². The number of aromatic nitrogens is 4. The van der Waals surface area contributed by atoms with E-state index in [2.05, 4.69) is 51.4 Å². The third-order valence-corrected chi connectivity index (χ3v) is 5.57. The van der Waals surface area contributed by atoms with Gasteiger partial charge in [0, 0.05) is 28.2 Å². The molecule has 2 aromatic carbocycles. The highest BCUT2D eigenvalue weighted by Crippen LogP contribution is 2.24. The maximum atomic E-state index is 12.7. The minimum Gasteiger partial charge on any atom is -0.339 e. The van der Waals surface area contributed by atoms with Crippen molar-refractivity contribution in [1.29, 1.82) is 0 Å². The summed E-state index contributed by atoms with van der Waals surface area (Å²) in [6, 6.07) is 15.7. The van der Waals surface area contributed by atoms with Crippen LogP contribution < -0.4 is 5.32 Å². The highest BCUT2D eigenvalue weighted by Gasteiger charge is 2.14. The molecule has 0 atom stereocenters. The number of amides is 1. The lowest BCUT2D eigenvalue weighted by molar-refractivity contribution is -0.115. The largest absolute Gasteiger partial charge is 0.339 e. The number of benzene rings is 2. The maximum Gasteiger partial charge on any atom is 0.231 e. The van der Waals surface area contributed by atoms with Gasteiger partial charge in [-0.25, -0.2) is 4.98 Å². The number of thioether (sulfide) groups is 1. The van der Waals surface area contributed by atoms with Gasteiger partial charge < -0.3 is 9.84 Å². The summed E-state index contributed by atoms with van der Waals surface area (Å²) in [5.41, 5.74) is 3.13. The van der Waals surface area contributed by atoms with Crippen LogP contribution in [0.4, 0.5) is 5.69 Å². The molecule has 0 aliphatic carbocycles. The monoisotopic (exact) mass is 445 g/mol. The molecule has 0 aliphatic heterocycles. The molecule has 7 nitrogen and oxygen atoms in total. The number of carbonyl (C=O) groups is 1. The molecule has 0 fully saturated rings. The van der Waals surface area contributed by atoms with Crippen LogP contribution in [-0.4, -0.2) is 31.3 Å². The van der Waals surface area contributed by atoms with E-state index < -0.39 is 0 Å². The van der Waals surface area contributed by atoms with Crippen molar-refractivity contribution in [3.05, 3.63) is 84.1 Å². The summed E-state index contributed by atoms with van der Waals surface area (Å²) in [6.45, 7) is 4.32. The number of hydrogen-bond donors (Lipinski definition) is 1. The zero-order valence-electron chi connectivity index (χ0n) is 17.9. The van der Waals surface area contributed by atoms with Gasteiger partial charge >= 0.3 is 0 Å². The van der Waals surface area contributed by atoms with E-state index in [4.69, 9.17) is 4.52 Å². The molecular weight excluding hydrogens is 422 g/mol. The molecule has 162 valence electrons. The van der Waals surface area contributed by atoms with Crippen molar-refractivity contribution in [1.82, 2.24) is 20.1 Å². The number of para-hydroxylation sites is 1. The SMILES string of the molecule is CC(C)Sc1ccc(CC(=O)Nc2ccccc2Cc2nc(-c3cnccn3)no2)cc1. The van der Waals surface area contributed by atoms with Gasteiger partial charge in [-0.3, -0.25) is 9.78 Å². The molecule has 0 bridgehead atoms. The molecule has 4 rings (SSSR count). The molecule has 0 spiro atoms. The van der Waals surface area contributed by atoms with Gasteiger partial charge in [0.15, 0.2) is 0 Å². The zero-order valence-corrected chi connectivity index (χ0v) is 18.7. The summed E-state index contributed by atoms with van der Waals surface area (Å²) in [6.07, 6.45) is 5.44. The van der Waals surface area contributed by atoms with Crippen molar-refractivity contribution in [2.24, 2.45) is 0 Å². The van der Waals surface area contributed by atoms with Crippen LogP contribution in [-0.2, 0) is 17.6 Å². The summed E-state index contributed by atoms with van der Waals surface area (Å²) in [7, 11) is 0. The van der Waals surface area contributed by atoms with E-state index >= 15 is 0 Å². The van der Waals surface area contributed by atoms with Crippen molar-refractivity contribution >= 4 is 23.4 Å². The normalized spacial score (nSPS) is 11.0. The fourth-order valence-electron chi connectivity index (χ4n) is 3.14. The van der Waals surface area contributed by atoms with Crippen molar-refractivity contribution in [3.8, 4) is 11.5 Å². The van der Waals surface area contributed by atoms with Crippen molar-refractivity contribution in [3.63, 3.8) is 0 Å². The minimum atomic E-state index is -0.0764. The summed E-state index contributed by atoms with van der Waals surface area (Å²) in [4.78, 5) is 26.5. The Labute approximate surface area is 190 Å². The third-order valence-electron chi connectivity index (χ3n) is 4.55. The van der Waals surface area contributed by atoms with E-state index in [1.807, 2.05) is 36.4 Å². The van der Waals surface area contributed by atoms with E-state index in [1.54, 1.807) is 30.4 Å². The lowest BCUT2D eigenvalue weighted by Crippen LogP contribution is -2.15. The van der Waals surface area contributed by atoms with Crippen LogP contribution in [0.3, 0.4) is 0 Å². The van der Waals surface area contributed by atoms with Crippen LogP contribution in [0.5, 0.6) is 0 Å². The fraction of sp³-hybridized carbons (Fsp3) is 0.208. The minimum absolute atomic E-state index is 0.0764. The second-order valence-electron chi connectivity index (χ2n) is 7.47. The number of nitrogens with zero attached hydrogens (tertiary/aromatic N) is 4. The topological polar surface area (TPSA) is 93.8 Å². The summed E-state index contributed by atoms with van der Waals surface area (Å²) < 4.78 is 5.37. The average Bonchev–Trinajstić information content (AvgIpc) is 3.25. The molecule has 1 amide bonds. The third kappa shape index (κ3) is 5.79. The Balaban J connectivity index is 1.41. The van der Waals surface area contributed by atoms with Gasteiger partial charge in [0.05, 0.1) is 19.0 Å². The predicted molar refractivity (Wildman–Crippen MR) is 124 cm³/mol. The van der Waals surface area contributed by atoms with Crippen LogP contribution in [0, 0.1) is 0 Å². The predicted octanol–water partition coefficient (Wildman–Crippen LogP) is 4.80. The van der Waals surface area contributed by atoms with Gasteiger partial charge in [-0.1, -0.05) is 49.3 Å². The first-order valence-electron chi connectivity index (χ1n) is 10.3. The zero-order chi connectivity index (χ0) is 22.3. The van der Waals surface area contributed by atoms with Crippen molar-refractivity contribution < 1.29 is 9.32 Å². The Kier molecular flexibility index (Phi) is 6.91. The number of anilines is 1. The van der Waals surface area contributed by atoms with Crippen LogP contribution in [0.2, 0.25) is 0 Å². The average molecular weight is 446 g/mol. The lowest BCUT2D eigenvalue weighted by atomic mass is 10.1. The molecule has 0 saturated heterocycles. The molecule has 0 saturated carbocycles. The van der Waals surface area contributed by atoms with Gasteiger partial charge in [-0.2, -0.15) is 4.98 Å². The van der Waals surface area contributed by atoms with Crippen LogP contribution in [0.25, 0.3) is 11.5 Å². The smallest absolute Gasteiger partial charge is 0.231 e. The van der Waals surface area contributed by atoms with Crippen LogP contribution in [0.1, 0.15) is 30.9 Å². The highest BCUT2D eigenvalue weighted by molar-refractivity contribution is 7.99. The van der Waals surface area contributed by atoms with E-state index in [0.29, 0.717) is 35.5 Å². The Morgan fingerprint density at radius 2 is 1.91 bits per heavy atom. The molecule has 8 heteroatoms. The van der Waals surface area contributed by atoms with Crippen molar-refractivity contribution in [2.75, 3.05) is 5.32 Å². The summed E-state index contributed by atoms with van der Waals surface area (Å²) in [5.74, 6) is 0.742. The van der Waals surface area contributed by atoms with Crippen LogP contribution in [0.15, 0.2) is 76.5 Å². The molecule has 32 heavy (non-hydrogen) atoms. The Hall–Kier alpha value is -3.52. The van der Waals surface area contributed by atoms with E-state index in [0.717, 1.165) is 16.8 Å². The number of nitrogens with one attached hydrogen (secondary N) is 1. The molecule has 0 aliphatic rings. The van der Waals surface area contributed by atoms with Gasteiger partial charge in [-0.05, 0) is 29.3 Å². The number of carbonyl (C=O) groups excluding carboxylic acids is 1. The van der Waals surface area contributed by atoms with Crippen LogP contribution >= 0.6 is 11.8 Å². The van der Waals surface area contributed by atoms with E-state index in [1.165, 1.54) is 4.90 Å². The standard InChI is InChI=1S/C24H23N5O2S/c1-16(2)32-19-9-7-17(8-10-19)13-22(30)27-20-6-4-3-5-18(20)14-23-28-24(29-31-23)21-15-25-11-12-26-21/h3-12,15-16H,13-14H2,1-2H3,(H,27,30). The van der Waals surface area contributed by atoms with Gasteiger partial charge in [-0.15, -0.1) is 11.8 Å². The number of rotatable bonds is 8. The van der Waals surface area contributed by atoms with E-state index in [9.17, 15) is 4.79 Å². The Bertz CT molecular complexity index is 1180. The maximum absolute atomic E-state index is 12.7. The Morgan fingerprint density at radius 1 is 1.09 bits per heavy atom. The molecule has 2 aromatic heterocycles. The quantitative estimate of drug-likeness (QED) is 0.389. The first-order chi connectivity index (χ1) is 15.6. The summed E-state index contributed by atoms with van der Waals surface area (Å²) in [5, 5.41) is 7.51. The first kappa shape index (κ1) is 21.7.